The molecule has 2 aliphatic carbocycles. The fourth-order valence-corrected chi connectivity index (χ4v) is 2.32. The van der Waals surface area contributed by atoms with Crippen molar-refractivity contribution in [2.24, 2.45) is 0 Å². The van der Waals surface area contributed by atoms with Crippen LogP contribution in [-0.4, -0.2) is 19.8 Å². The maximum atomic E-state index is 5.57. The maximum absolute atomic E-state index is 5.57. The number of hydrogen-bond acceptors (Lipinski definition) is 2. The second-order valence-corrected chi connectivity index (χ2v) is 4.41. The molecule has 2 aliphatic rings. The monoisotopic (exact) mass is 232 g/mol. The highest BCUT2D eigenvalue weighted by Gasteiger charge is 2.16. The van der Waals surface area contributed by atoms with Gasteiger partial charge in [-0.3, -0.25) is 0 Å². The van der Waals surface area contributed by atoms with Gasteiger partial charge in [-0.15, -0.1) is 5.73 Å². The molecule has 0 heterocycles. The molecule has 2 nitrogen and oxygen atoms in total. The lowest BCUT2D eigenvalue weighted by atomic mass is 9.91. The summed E-state index contributed by atoms with van der Waals surface area (Å²) in [5.74, 6) is 0.979. The molecule has 0 spiro atoms. The van der Waals surface area contributed by atoms with E-state index in [4.69, 9.17) is 9.47 Å². The van der Waals surface area contributed by atoms with Crippen molar-refractivity contribution in [3.05, 3.63) is 34.4 Å². The second kappa shape index (κ2) is 5.93. The lowest BCUT2D eigenvalue weighted by Crippen LogP contribution is -2.12. The average molecular weight is 232 g/mol. The summed E-state index contributed by atoms with van der Waals surface area (Å²) in [5, 5.41) is 0. The van der Waals surface area contributed by atoms with E-state index in [1.807, 2.05) is 6.92 Å². The van der Waals surface area contributed by atoms with E-state index >= 15 is 0 Å². The highest BCUT2D eigenvalue weighted by molar-refractivity contribution is 5.33. The highest BCUT2D eigenvalue weighted by atomic mass is 16.5. The van der Waals surface area contributed by atoms with Crippen molar-refractivity contribution >= 4 is 0 Å². The molecule has 0 aromatic heterocycles. The molecule has 0 N–H and O–H groups in total. The Morgan fingerprint density at radius 3 is 2.82 bits per heavy atom. The fraction of sp³-hybridized carbons (Fsp3) is 0.600. The average Bonchev–Trinajstić information content (AvgIpc) is 2.40. The molecule has 2 rings (SSSR count). The summed E-state index contributed by atoms with van der Waals surface area (Å²) in [6.07, 6.45) is 7.67. The lowest BCUT2D eigenvalue weighted by molar-refractivity contribution is 0.0893. The smallest absolute Gasteiger partial charge is 0.138 e. The first-order chi connectivity index (χ1) is 8.33. The standard InChI is InChI=1S/C15H20O2/c1-3-17-14-9-7-12(8-10-14)13-5-4-6-15(11-13)16-2/h10,14H,3-7,9H2,1-2H3. The highest BCUT2D eigenvalue weighted by Crippen LogP contribution is 2.28. The van der Waals surface area contributed by atoms with Crippen molar-refractivity contribution in [2.45, 2.75) is 45.1 Å². The first kappa shape index (κ1) is 12.3. The van der Waals surface area contributed by atoms with Gasteiger partial charge in [0.15, 0.2) is 0 Å². The first-order valence-corrected chi connectivity index (χ1v) is 6.43. The summed E-state index contributed by atoms with van der Waals surface area (Å²) in [7, 11) is 1.72. The van der Waals surface area contributed by atoms with E-state index in [-0.39, 0.29) is 6.10 Å². The molecule has 0 saturated carbocycles. The second-order valence-electron chi connectivity index (χ2n) is 4.41. The molecule has 2 heteroatoms. The third-order valence-corrected chi connectivity index (χ3v) is 3.23. The van der Waals surface area contributed by atoms with Crippen molar-refractivity contribution in [1.29, 1.82) is 0 Å². The van der Waals surface area contributed by atoms with Gasteiger partial charge < -0.3 is 9.47 Å². The molecule has 0 fully saturated rings. The predicted octanol–water partition coefficient (Wildman–Crippen LogP) is 3.51. The van der Waals surface area contributed by atoms with E-state index in [9.17, 15) is 0 Å². The summed E-state index contributed by atoms with van der Waals surface area (Å²) in [4.78, 5) is 0. The SMILES string of the molecule is CCOC1C=C=C(C2=C=C(OC)CCC2)CC1. The minimum Gasteiger partial charge on any atom is -0.493 e. The number of methoxy groups -OCH3 is 1. The van der Waals surface area contributed by atoms with Crippen LogP contribution in [0.5, 0.6) is 0 Å². The minimum absolute atomic E-state index is 0.249. The molecule has 0 bridgehead atoms. The summed E-state index contributed by atoms with van der Waals surface area (Å²) < 4.78 is 10.9. The van der Waals surface area contributed by atoms with Gasteiger partial charge in [-0.05, 0) is 38.7 Å². The van der Waals surface area contributed by atoms with Crippen molar-refractivity contribution in [2.75, 3.05) is 13.7 Å². The topological polar surface area (TPSA) is 18.5 Å². The summed E-state index contributed by atoms with van der Waals surface area (Å²) in [6.45, 7) is 2.80. The largest absolute Gasteiger partial charge is 0.493 e. The van der Waals surface area contributed by atoms with Crippen LogP contribution in [0.25, 0.3) is 0 Å². The van der Waals surface area contributed by atoms with Crippen LogP contribution in [0.2, 0.25) is 0 Å². The predicted molar refractivity (Wildman–Crippen MR) is 67.6 cm³/mol. The Labute approximate surface area is 103 Å². The Morgan fingerprint density at radius 1 is 1.29 bits per heavy atom. The van der Waals surface area contributed by atoms with E-state index in [0.717, 1.165) is 44.5 Å². The van der Waals surface area contributed by atoms with E-state index in [1.165, 1.54) is 11.1 Å². The minimum atomic E-state index is 0.249. The Balaban J connectivity index is 2.19. The number of allylic oxidation sites excluding steroid dienone is 1. The zero-order valence-electron chi connectivity index (χ0n) is 10.7. The van der Waals surface area contributed by atoms with Gasteiger partial charge in [0.25, 0.3) is 0 Å². The Kier molecular flexibility index (Phi) is 4.28. The molecule has 0 aliphatic heterocycles. The third kappa shape index (κ3) is 3.14. The van der Waals surface area contributed by atoms with E-state index in [2.05, 4.69) is 17.5 Å². The molecular weight excluding hydrogens is 212 g/mol. The number of hydrogen-bond donors (Lipinski definition) is 0. The number of ether oxygens (including phenoxy) is 2. The summed E-state index contributed by atoms with van der Waals surface area (Å²) >= 11 is 0. The van der Waals surface area contributed by atoms with Gasteiger partial charge in [0.2, 0.25) is 0 Å². The molecule has 0 saturated heterocycles. The first-order valence-electron chi connectivity index (χ1n) is 6.43. The molecule has 1 atom stereocenters. The van der Waals surface area contributed by atoms with Gasteiger partial charge in [0.05, 0.1) is 13.2 Å². The van der Waals surface area contributed by atoms with Gasteiger partial charge in [-0.1, -0.05) is 5.73 Å². The van der Waals surface area contributed by atoms with Crippen LogP contribution in [0, 0.1) is 0 Å². The summed E-state index contributed by atoms with van der Waals surface area (Å²) in [6, 6.07) is 0. The Hall–Kier alpha value is -1.20. The molecule has 0 radical (unpaired) electrons. The number of rotatable bonds is 4. The van der Waals surface area contributed by atoms with E-state index < -0.39 is 0 Å². The normalized spacial score (nSPS) is 23.9. The molecule has 0 aromatic rings. The van der Waals surface area contributed by atoms with Gasteiger partial charge in [0.1, 0.15) is 5.76 Å². The van der Waals surface area contributed by atoms with Gasteiger partial charge in [0, 0.05) is 24.2 Å². The van der Waals surface area contributed by atoms with Crippen molar-refractivity contribution in [3.8, 4) is 0 Å². The summed E-state index contributed by atoms with van der Waals surface area (Å²) in [5.41, 5.74) is 9.30. The van der Waals surface area contributed by atoms with E-state index in [1.54, 1.807) is 7.11 Å². The van der Waals surface area contributed by atoms with Gasteiger partial charge in [-0.2, -0.15) is 0 Å². The quantitative estimate of drug-likeness (QED) is 0.691. The van der Waals surface area contributed by atoms with Gasteiger partial charge in [-0.25, -0.2) is 0 Å². The molecule has 17 heavy (non-hydrogen) atoms. The van der Waals surface area contributed by atoms with Crippen LogP contribution >= 0.6 is 0 Å². The molecule has 1 unspecified atom stereocenters. The van der Waals surface area contributed by atoms with Crippen LogP contribution in [0.3, 0.4) is 0 Å². The zero-order chi connectivity index (χ0) is 12.1. The molecule has 0 aromatic carbocycles. The van der Waals surface area contributed by atoms with E-state index in [0.29, 0.717) is 0 Å². The Bertz CT molecular complexity index is 405. The molecular formula is C15H20O2. The maximum Gasteiger partial charge on any atom is 0.138 e. The van der Waals surface area contributed by atoms with Crippen molar-refractivity contribution in [1.82, 2.24) is 0 Å². The molecule has 92 valence electrons. The Morgan fingerprint density at radius 2 is 2.18 bits per heavy atom. The molecule has 0 amide bonds. The third-order valence-electron chi connectivity index (χ3n) is 3.23. The fourth-order valence-electron chi connectivity index (χ4n) is 2.32. The van der Waals surface area contributed by atoms with Crippen LogP contribution in [-0.2, 0) is 9.47 Å². The van der Waals surface area contributed by atoms with Crippen molar-refractivity contribution < 1.29 is 9.47 Å². The van der Waals surface area contributed by atoms with Crippen LogP contribution in [0.1, 0.15) is 39.0 Å². The van der Waals surface area contributed by atoms with Gasteiger partial charge >= 0.3 is 0 Å². The lowest BCUT2D eigenvalue weighted by Gasteiger charge is -2.19. The van der Waals surface area contributed by atoms with Crippen molar-refractivity contribution in [3.63, 3.8) is 0 Å². The zero-order valence-corrected chi connectivity index (χ0v) is 10.7. The van der Waals surface area contributed by atoms with Crippen LogP contribution < -0.4 is 0 Å². The van der Waals surface area contributed by atoms with Crippen LogP contribution in [0.4, 0.5) is 0 Å². The van der Waals surface area contributed by atoms with Crippen LogP contribution in [0.15, 0.2) is 34.4 Å².